The highest BCUT2D eigenvalue weighted by atomic mass is 16.6. The molecule has 3 atom stereocenters. The second kappa shape index (κ2) is 13.8. The van der Waals surface area contributed by atoms with Crippen LogP contribution in [0.15, 0.2) is 24.3 Å². The summed E-state index contributed by atoms with van der Waals surface area (Å²) in [5.74, 6) is 0.00401. The van der Waals surface area contributed by atoms with Gasteiger partial charge in [0.15, 0.2) is 0 Å². The SMILES string of the molecule is Cc1cccc(C(C(=O)NC2CCCCC2)N(C(=O)C(C)NC(=O)OC(C)(C)C)C(C)CCC(C)C)c1. The molecule has 0 bridgehead atoms. The topological polar surface area (TPSA) is 87.7 Å². The van der Waals surface area contributed by atoms with Gasteiger partial charge >= 0.3 is 6.09 Å². The number of amides is 3. The Morgan fingerprint density at radius 2 is 1.68 bits per heavy atom. The monoisotopic (exact) mass is 515 g/mol. The Morgan fingerprint density at radius 3 is 2.24 bits per heavy atom. The Morgan fingerprint density at radius 1 is 1.03 bits per heavy atom. The van der Waals surface area contributed by atoms with Crippen LogP contribution in [0.2, 0.25) is 0 Å². The van der Waals surface area contributed by atoms with Gasteiger partial charge in [0.2, 0.25) is 11.8 Å². The molecule has 1 aromatic rings. The lowest BCUT2D eigenvalue weighted by Gasteiger charge is -2.39. The Kier molecular flexibility index (Phi) is 11.5. The van der Waals surface area contributed by atoms with Crippen molar-refractivity contribution < 1.29 is 19.1 Å². The summed E-state index contributed by atoms with van der Waals surface area (Å²) < 4.78 is 5.39. The maximum atomic E-state index is 14.0. The third-order valence-electron chi connectivity index (χ3n) is 6.83. The third-order valence-corrected chi connectivity index (χ3v) is 6.83. The van der Waals surface area contributed by atoms with Gasteiger partial charge in [0.25, 0.3) is 0 Å². The van der Waals surface area contributed by atoms with Gasteiger partial charge in [-0.2, -0.15) is 0 Å². The van der Waals surface area contributed by atoms with Crippen molar-refractivity contribution >= 4 is 17.9 Å². The maximum Gasteiger partial charge on any atom is 0.408 e. The lowest BCUT2D eigenvalue weighted by molar-refractivity contribution is -0.145. The van der Waals surface area contributed by atoms with E-state index in [9.17, 15) is 14.4 Å². The molecule has 37 heavy (non-hydrogen) atoms. The molecule has 3 amide bonds. The van der Waals surface area contributed by atoms with Crippen molar-refractivity contribution in [1.29, 1.82) is 0 Å². The Balaban J connectivity index is 2.43. The molecule has 1 fully saturated rings. The number of nitrogens with zero attached hydrogens (tertiary/aromatic N) is 1. The van der Waals surface area contributed by atoms with Crippen molar-refractivity contribution in [1.82, 2.24) is 15.5 Å². The van der Waals surface area contributed by atoms with E-state index >= 15 is 0 Å². The van der Waals surface area contributed by atoms with Crippen LogP contribution in [0, 0.1) is 12.8 Å². The number of alkyl carbamates (subject to hydrolysis) is 1. The molecule has 208 valence electrons. The summed E-state index contributed by atoms with van der Waals surface area (Å²) in [6.07, 6.45) is 6.33. The fraction of sp³-hybridized carbons (Fsp3) is 0.700. The van der Waals surface area contributed by atoms with Gasteiger partial charge in [-0.3, -0.25) is 9.59 Å². The highest BCUT2D eigenvalue weighted by molar-refractivity contribution is 5.92. The van der Waals surface area contributed by atoms with E-state index in [1.807, 2.05) is 38.1 Å². The first-order valence-corrected chi connectivity index (χ1v) is 14.0. The van der Waals surface area contributed by atoms with E-state index in [4.69, 9.17) is 4.74 Å². The van der Waals surface area contributed by atoms with Gasteiger partial charge in [-0.15, -0.1) is 0 Å². The number of carbonyl (C=O) groups is 3. The number of ether oxygens (including phenoxy) is 1. The van der Waals surface area contributed by atoms with Crippen molar-refractivity contribution in [2.24, 2.45) is 5.92 Å². The van der Waals surface area contributed by atoms with Gasteiger partial charge in [-0.05, 0) is 78.7 Å². The van der Waals surface area contributed by atoms with Crippen molar-refractivity contribution in [2.75, 3.05) is 0 Å². The predicted molar refractivity (Wildman–Crippen MR) is 148 cm³/mol. The van der Waals surface area contributed by atoms with Gasteiger partial charge in [-0.1, -0.05) is 62.9 Å². The van der Waals surface area contributed by atoms with Crippen molar-refractivity contribution in [2.45, 2.75) is 130 Å². The van der Waals surface area contributed by atoms with Crippen LogP contribution in [0.4, 0.5) is 4.79 Å². The van der Waals surface area contributed by atoms with Crippen molar-refractivity contribution in [3.8, 4) is 0 Å². The number of hydrogen-bond donors (Lipinski definition) is 2. The zero-order chi connectivity index (χ0) is 27.8. The highest BCUT2D eigenvalue weighted by Gasteiger charge is 2.38. The van der Waals surface area contributed by atoms with Crippen LogP contribution in [-0.4, -0.2) is 46.5 Å². The second-order valence-corrected chi connectivity index (χ2v) is 12.1. The molecule has 0 radical (unpaired) electrons. The Labute approximate surface area is 224 Å². The predicted octanol–water partition coefficient (Wildman–Crippen LogP) is 6.05. The minimum Gasteiger partial charge on any atom is -0.444 e. The van der Waals surface area contributed by atoms with Gasteiger partial charge in [0, 0.05) is 12.1 Å². The molecule has 7 nitrogen and oxygen atoms in total. The molecule has 2 rings (SSSR count). The number of rotatable bonds is 10. The van der Waals surface area contributed by atoms with Gasteiger partial charge < -0.3 is 20.3 Å². The van der Waals surface area contributed by atoms with Crippen LogP contribution >= 0.6 is 0 Å². The summed E-state index contributed by atoms with van der Waals surface area (Å²) in [6, 6.07) is 6.07. The van der Waals surface area contributed by atoms with Crippen LogP contribution in [0.1, 0.15) is 111 Å². The molecular weight excluding hydrogens is 466 g/mol. The molecular formula is C30H49N3O4. The Bertz CT molecular complexity index is 902. The maximum absolute atomic E-state index is 14.0. The largest absolute Gasteiger partial charge is 0.444 e. The number of benzene rings is 1. The molecule has 1 aromatic carbocycles. The molecule has 2 N–H and O–H groups in total. The van der Waals surface area contributed by atoms with Gasteiger partial charge in [-0.25, -0.2) is 4.79 Å². The molecule has 0 saturated heterocycles. The molecule has 0 aliphatic heterocycles. The zero-order valence-corrected chi connectivity index (χ0v) is 24.2. The number of nitrogens with one attached hydrogen (secondary N) is 2. The summed E-state index contributed by atoms with van der Waals surface area (Å²) in [6.45, 7) is 15.3. The molecule has 1 saturated carbocycles. The first-order valence-electron chi connectivity index (χ1n) is 14.0. The summed E-state index contributed by atoms with van der Waals surface area (Å²) in [5, 5.41) is 5.95. The highest BCUT2D eigenvalue weighted by Crippen LogP contribution is 2.29. The smallest absolute Gasteiger partial charge is 0.408 e. The first-order chi connectivity index (χ1) is 17.3. The summed E-state index contributed by atoms with van der Waals surface area (Å²) in [5.41, 5.74) is 1.12. The average Bonchev–Trinajstić information content (AvgIpc) is 2.79. The molecule has 1 aliphatic carbocycles. The summed E-state index contributed by atoms with van der Waals surface area (Å²) in [4.78, 5) is 42.1. The lowest BCUT2D eigenvalue weighted by atomic mass is 9.93. The van der Waals surface area contributed by atoms with Gasteiger partial charge in [0.05, 0.1) is 0 Å². The Hall–Kier alpha value is -2.57. The van der Waals surface area contributed by atoms with E-state index in [0.29, 0.717) is 5.92 Å². The summed E-state index contributed by atoms with van der Waals surface area (Å²) >= 11 is 0. The van der Waals surface area contributed by atoms with Crippen LogP contribution < -0.4 is 10.6 Å². The molecule has 1 aliphatic rings. The molecule has 0 spiro atoms. The second-order valence-electron chi connectivity index (χ2n) is 12.1. The number of hydrogen-bond acceptors (Lipinski definition) is 4. The molecule has 3 unspecified atom stereocenters. The normalized spacial score (nSPS) is 17.0. The zero-order valence-electron chi connectivity index (χ0n) is 24.2. The van der Waals surface area contributed by atoms with E-state index in [1.54, 1.807) is 32.6 Å². The average molecular weight is 516 g/mol. The van der Waals surface area contributed by atoms with E-state index in [1.165, 1.54) is 6.42 Å². The minimum absolute atomic E-state index is 0.119. The third kappa shape index (κ3) is 10.0. The van der Waals surface area contributed by atoms with Crippen LogP contribution in [-0.2, 0) is 14.3 Å². The quantitative estimate of drug-likeness (QED) is 0.397. The minimum atomic E-state index is -0.855. The van der Waals surface area contributed by atoms with Crippen molar-refractivity contribution in [3.05, 3.63) is 35.4 Å². The van der Waals surface area contributed by atoms with Crippen LogP contribution in [0.25, 0.3) is 0 Å². The van der Waals surface area contributed by atoms with Crippen LogP contribution in [0.3, 0.4) is 0 Å². The first kappa shape index (κ1) is 30.7. The number of aryl methyl sites for hydroxylation is 1. The molecule has 0 heterocycles. The van der Waals surface area contributed by atoms with E-state index in [-0.39, 0.29) is 23.9 Å². The van der Waals surface area contributed by atoms with Crippen LogP contribution in [0.5, 0.6) is 0 Å². The van der Waals surface area contributed by atoms with E-state index < -0.39 is 23.8 Å². The van der Waals surface area contributed by atoms with E-state index in [0.717, 1.165) is 49.7 Å². The standard InChI is InChI=1S/C30H49N3O4/c1-20(2)17-18-22(4)33(28(35)23(5)31-29(36)37-30(6,7)8)26(24-14-12-13-21(3)19-24)27(34)32-25-15-10-9-11-16-25/h12-14,19-20,22-23,25-26H,9-11,15-18H2,1-8H3,(H,31,36)(H,32,34). The summed E-state index contributed by atoms with van der Waals surface area (Å²) in [7, 11) is 0. The van der Waals surface area contributed by atoms with E-state index in [2.05, 4.69) is 24.5 Å². The van der Waals surface area contributed by atoms with Crippen molar-refractivity contribution in [3.63, 3.8) is 0 Å². The molecule has 7 heteroatoms. The lowest BCUT2D eigenvalue weighted by Crippen LogP contribution is -2.55. The fourth-order valence-corrected chi connectivity index (χ4v) is 4.89. The van der Waals surface area contributed by atoms with Gasteiger partial charge in [0.1, 0.15) is 17.7 Å². The molecule has 0 aromatic heterocycles. The fourth-order valence-electron chi connectivity index (χ4n) is 4.89. The number of carbonyl (C=O) groups excluding carboxylic acids is 3.